The molecule has 28 heavy (non-hydrogen) atoms. The molecule has 0 radical (unpaired) electrons. The molecule has 0 heteroatoms. The summed E-state index contributed by atoms with van der Waals surface area (Å²) in [7, 11) is 0. The zero-order chi connectivity index (χ0) is 22.7. The highest BCUT2D eigenvalue weighted by atomic mass is 13.7. The fourth-order valence-corrected chi connectivity index (χ4v) is 1.15. The Balaban J connectivity index is -0.0000000775. The summed E-state index contributed by atoms with van der Waals surface area (Å²) in [5.41, 5.74) is 0. The number of rotatable bonds is 0. The molecule has 0 aromatic heterocycles. The summed E-state index contributed by atoms with van der Waals surface area (Å²) in [6.07, 6.45) is 0. The predicted molar refractivity (Wildman–Crippen MR) is 136 cm³/mol. The minimum atomic E-state index is 2.00. The lowest BCUT2D eigenvalue weighted by atomic mass is 10.4. The number of hydrogen-bond acceptors (Lipinski definition) is 0. The fraction of sp³-hybridized carbons (Fsp3) is 0.357. The summed E-state index contributed by atoms with van der Waals surface area (Å²) in [6.45, 7) is 20.0. The highest BCUT2D eigenvalue weighted by Gasteiger charge is 1.59. The van der Waals surface area contributed by atoms with Crippen LogP contribution in [0.3, 0.4) is 0 Å². The van der Waals surface area contributed by atoms with Gasteiger partial charge in [-0.2, -0.15) is 0 Å². The van der Waals surface area contributed by atoms with Gasteiger partial charge in [-0.25, -0.2) is 0 Å². The molecule has 0 aliphatic rings. The van der Waals surface area contributed by atoms with Crippen LogP contribution in [0, 0.1) is 0 Å². The number of benzene rings is 3. The van der Waals surface area contributed by atoms with Gasteiger partial charge in [-0.1, -0.05) is 178 Å². The fourth-order valence-electron chi connectivity index (χ4n) is 1.15. The summed E-state index contributed by atoms with van der Waals surface area (Å²) >= 11 is 0. The quantitative estimate of drug-likeness (QED) is 0.361. The molecule has 0 amide bonds. The van der Waals surface area contributed by atoms with Gasteiger partial charge in [-0.15, -0.1) is 0 Å². The normalized spacial score (nSPS) is 6.21. The van der Waals surface area contributed by atoms with Crippen molar-refractivity contribution in [1.29, 1.82) is 0 Å². The molecule has 0 atom stereocenters. The van der Waals surface area contributed by atoms with E-state index in [4.69, 9.17) is 0 Å². The maximum absolute atomic E-state index is 2.00. The van der Waals surface area contributed by atoms with Crippen molar-refractivity contribution in [2.24, 2.45) is 0 Å². The van der Waals surface area contributed by atoms with Crippen molar-refractivity contribution in [1.82, 2.24) is 0 Å². The second-order valence-corrected chi connectivity index (χ2v) is 3.46. The van der Waals surface area contributed by atoms with Crippen LogP contribution in [-0.2, 0) is 0 Å². The molecule has 160 valence electrons. The molecule has 0 saturated heterocycles. The van der Waals surface area contributed by atoms with E-state index in [1.54, 1.807) is 0 Å². The van der Waals surface area contributed by atoms with E-state index in [0.29, 0.717) is 0 Å². The first kappa shape index (κ1) is 36.6. The summed E-state index contributed by atoms with van der Waals surface area (Å²) < 4.78 is 0. The van der Waals surface area contributed by atoms with Crippen LogP contribution >= 0.6 is 0 Å². The van der Waals surface area contributed by atoms with E-state index in [1.165, 1.54) is 0 Å². The van der Waals surface area contributed by atoms with Crippen LogP contribution in [0.5, 0.6) is 0 Å². The zero-order valence-corrected chi connectivity index (χ0v) is 20.4. The Morgan fingerprint density at radius 2 is 0.179 bits per heavy atom. The molecule has 3 rings (SSSR count). The van der Waals surface area contributed by atoms with E-state index in [1.807, 2.05) is 178 Å². The van der Waals surface area contributed by atoms with Crippen molar-refractivity contribution in [2.75, 3.05) is 0 Å². The molecule has 0 fully saturated rings. The van der Waals surface area contributed by atoms with Crippen LogP contribution in [0.25, 0.3) is 0 Å². The second-order valence-electron chi connectivity index (χ2n) is 3.46. The van der Waals surface area contributed by atoms with Crippen LogP contribution in [0.4, 0.5) is 0 Å². The lowest BCUT2D eigenvalue weighted by molar-refractivity contribution is 1.50. The van der Waals surface area contributed by atoms with Crippen molar-refractivity contribution in [3.05, 3.63) is 109 Å². The molecule has 0 nitrogen and oxygen atoms in total. The Labute approximate surface area is 178 Å². The average Bonchev–Trinajstić information content (AvgIpc) is 2.89. The van der Waals surface area contributed by atoms with Crippen LogP contribution in [0.15, 0.2) is 109 Å². The zero-order valence-electron chi connectivity index (χ0n) is 20.4. The first-order valence-electron chi connectivity index (χ1n) is 11.0. The van der Waals surface area contributed by atoms with Gasteiger partial charge in [0.2, 0.25) is 0 Å². The highest BCUT2D eigenvalue weighted by molar-refractivity contribution is 5.00. The van der Waals surface area contributed by atoms with Crippen molar-refractivity contribution in [3.8, 4) is 0 Å². The Bertz CT molecular complexity index is 291. The topological polar surface area (TPSA) is 0 Å². The molecular formula is C28H48. The molecule has 3 aromatic carbocycles. The third kappa shape index (κ3) is 49.5. The van der Waals surface area contributed by atoms with Crippen molar-refractivity contribution < 1.29 is 0 Å². The van der Waals surface area contributed by atoms with Crippen molar-refractivity contribution in [3.63, 3.8) is 0 Å². The summed E-state index contributed by atoms with van der Waals surface area (Å²) in [4.78, 5) is 0. The standard InChI is InChI=1S/3C6H6.5C2H6/c3*1-2-4-6-5-3-1;5*1-2/h3*1-6H;5*1-2H3. The van der Waals surface area contributed by atoms with Gasteiger partial charge in [-0.05, 0) is 0 Å². The molecule has 3 aromatic rings. The van der Waals surface area contributed by atoms with Crippen LogP contribution in [0.2, 0.25) is 0 Å². The molecule has 0 spiro atoms. The van der Waals surface area contributed by atoms with Gasteiger partial charge in [-0.3, -0.25) is 0 Å². The van der Waals surface area contributed by atoms with Gasteiger partial charge in [0.25, 0.3) is 0 Å². The number of hydrogen-bond donors (Lipinski definition) is 0. The Hall–Kier alpha value is -2.34. The molecule has 0 saturated carbocycles. The van der Waals surface area contributed by atoms with Crippen LogP contribution in [-0.4, -0.2) is 0 Å². The van der Waals surface area contributed by atoms with E-state index in [0.717, 1.165) is 0 Å². The van der Waals surface area contributed by atoms with Gasteiger partial charge < -0.3 is 0 Å². The minimum Gasteiger partial charge on any atom is -0.0683 e. The van der Waals surface area contributed by atoms with E-state index >= 15 is 0 Å². The van der Waals surface area contributed by atoms with Crippen LogP contribution < -0.4 is 0 Å². The largest absolute Gasteiger partial charge is 0.0683 e. The van der Waals surface area contributed by atoms with Crippen LogP contribution in [0.1, 0.15) is 69.2 Å². The lowest BCUT2D eigenvalue weighted by Crippen LogP contribution is -1.47. The molecule has 0 aliphatic heterocycles. The van der Waals surface area contributed by atoms with E-state index in [-0.39, 0.29) is 0 Å². The van der Waals surface area contributed by atoms with Gasteiger partial charge >= 0.3 is 0 Å². The molecule has 0 heterocycles. The van der Waals surface area contributed by atoms with E-state index in [2.05, 4.69) is 0 Å². The predicted octanol–water partition coefficient (Wildman–Crippen LogP) is 10.2. The average molecular weight is 385 g/mol. The van der Waals surface area contributed by atoms with Gasteiger partial charge in [0, 0.05) is 0 Å². The lowest BCUT2D eigenvalue weighted by Gasteiger charge is -1.69. The summed E-state index contributed by atoms with van der Waals surface area (Å²) in [5, 5.41) is 0. The molecule has 0 N–H and O–H groups in total. The third-order valence-electron chi connectivity index (χ3n) is 2.00. The van der Waals surface area contributed by atoms with Gasteiger partial charge in [0.1, 0.15) is 0 Å². The Morgan fingerprint density at radius 1 is 0.143 bits per heavy atom. The maximum Gasteiger partial charge on any atom is -0.0623 e. The summed E-state index contributed by atoms with van der Waals surface area (Å²) in [6, 6.07) is 36.0. The first-order chi connectivity index (χ1) is 14.0. The smallest absolute Gasteiger partial charge is 0.0623 e. The van der Waals surface area contributed by atoms with Gasteiger partial charge in [0.05, 0.1) is 0 Å². The second kappa shape index (κ2) is 56.3. The monoisotopic (exact) mass is 384 g/mol. The highest BCUT2D eigenvalue weighted by Crippen LogP contribution is 1.81. The molecule has 0 unspecified atom stereocenters. The molecule has 0 bridgehead atoms. The van der Waals surface area contributed by atoms with E-state index < -0.39 is 0 Å². The third-order valence-corrected chi connectivity index (χ3v) is 2.00. The molecular weight excluding hydrogens is 336 g/mol. The van der Waals surface area contributed by atoms with Gasteiger partial charge in [0.15, 0.2) is 0 Å². The first-order valence-corrected chi connectivity index (χ1v) is 11.0. The minimum absolute atomic E-state index is 2.00. The van der Waals surface area contributed by atoms with Crippen molar-refractivity contribution in [2.45, 2.75) is 69.2 Å². The van der Waals surface area contributed by atoms with E-state index in [9.17, 15) is 0 Å². The molecule has 0 aliphatic carbocycles. The Kier molecular flexibility index (Phi) is 73.5. The Morgan fingerprint density at radius 3 is 0.214 bits per heavy atom. The maximum atomic E-state index is 2.00. The summed E-state index contributed by atoms with van der Waals surface area (Å²) in [5.74, 6) is 0. The van der Waals surface area contributed by atoms with Crippen molar-refractivity contribution >= 4 is 0 Å². The SMILES string of the molecule is CC.CC.CC.CC.CC.c1ccccc1.c1ccccc1.c1ccccc1.